The van der Waals surface area contributed by atoms with Crippen LogP contribution >= 0.6 is 0 Å². The molecule has 1 heterocycles. The number of carbonyl (C=O) groups excluding carboxylic acids is 2. The number of urea groups is 1. The van der Waals surface area contributed by atoms with Crippen LogP contribution in [0.1, 0.15) is 6.42 Å². The molecule has 4 nitrogen and oxygen atoms in total. The molecular formula is C6H7F3N2O2. The normalized spacial score (nSPS) is 18.8. The number of amides is 3. The Kier molecular flexibility index (Phi) is 2.44. The van der Waals surface area contributed by atoms with Crippen molar-refractivity contribution in [2.24, 2.45) is 0 Å². The fourth-order valence-corrected chi connectivity index (χ4v) is 0.959. The summed E-state index contributed by atoms with van der Waals surface area (Å²) >= 11 is 0. The van der Waals surface area contributed by atoms with Crippen LogP contribution < -0.4 is 5.32 Å². The summed E-state index contributed by atoms with van der Waals surface area (Å²) in [5, 5.41) is 2.15. The molecule has 3 amide bonds. The van der Waals surface area contributed by atoms with Crippen LogP contribution in [0.4, 0.5) is 18.0 Å². The minimum atomic E-state index is -4.54. The summed E-state index contributed by atoms with van der Waals surface area (Å²) < 4.78 is 35.4. The van der Waals surface area contributed by atoms with Crippen molar-refractivity contribution in [2.45, 2.75) is 12.6 Å². The van der Waals surface area contributed by atoms with E-state index in [1.54, 1.807) is 0 Å². The second-order valence-corrected chi connectivity index (χ2v) is 2.58. The largest absolute Gasteiger partial charge is 0.406 e. The molecule has 1 aliphatic heterocycles. The average molecular weight is 196 g/mol. The molecule has 0 aromatic rings. The Balaban J connectivity index is 2.65. The minimum Gasteiger partial charge on any atom is -0.337 e. The van der Waals surface area contributed by atoms with Crippen molar-refractivity contribution in [3.05, 3.63) is 0 Å². The van der Waals surface area contributed by atoms with Gasteiger partial charge in [-0.3, -0.25) is 9.69 Å². The molecule has 0 radical (unpaired) electrons. The number of hydrogen-bond acceptors (Lipinski definition) is 2. The van der Waals surface area contributed by atoms with Crippen LogP contribution in [0.15, 0.2) is 0 Å². The number of alkyl halides is 3. The molecule has 0 saturated carbocycles. The molecule has 1 aliphatic rings. The first kappa shape index (κ1) is 9.82. The summed E-state index contributed by atoms with van der Waals surface area (Å²) in [5.74, 6) is -0.791. The van der Waals surface area contributed by atoms with Gasteiger partial charge in [0.1, 0.15) is 6.54 Å². The highest BCUT2D eigenvalue weighted by Crippen LogP contribution is 2.17. The topological polar surface area (TPSA) is 49.4 Å². The van der Waals surface area contributed by atoms with Crippen LogP contribution in [0.5, 0.6) is 0 Å². The lowest BCUT2D eigenvalue weighted by atomic mass is 10.3. The number of rotatable bonds is 1. The van der Waals surface area contributed by atoms with Gasteiger partial charge < -0.3 is 5.32 Å². The molecule has 1 fully saturated rings. The molecule has 13 heavy (non-hydrogen) atoms. The Morgan fingerprint density at radius 2 is 2.00 bits per heavy atom. The van der Waals surface area contributed by atoms with Crippen molar-refractivity contribution in [2.75, 3.05) is 13.1 Å². The summed E-state index contributed by atoms with van der Waals surface area (Å²) in [6.07, 6.45) is -4.62. The molecule has 0 aromatic heterocycles. The van der Waals surface area contributed by atoms with Crippen LogP contribution in [0.3, 0.4) is 0 Å². The van der Waals surface area contributed by atoms with Gasteiger partial charge in [-0.1, -0.05) is 0 Å². The predicted molar refractivity (Wildman–Crippen MR) is 35.8 cm³/mol. The summed E-state index contributed by atoms with van der Waals surface area (Å²) in [5.41, 5.74) is 0. The molecule has 0 aromatic carbocycles. The molecule has 0 aliphatic carbocycles. The quantitative estimate of drug-likeness (QED) is 0.663. The van der Waals surface area contributed by atoms with Crippen LogP contribution in [0.25, 0.3) is 0 Å². The fourth-order valence-electron chi connectivity index (χ4n) is 0.959. The van der Waals surface area contributed by atoms with Crippen LogP contribution in [0, 0.1) is 0 Å². The lowest BCUT2D eigenvalue weighted by Crippen LogP contribution is -2.52. The second kappa shape index (κ2) is 3.23. The van der Waals surface area contributed by atoms with Crippen LogP contribution in [-0.4, -0.2) is 36.1 Å². The molecule has 0 spiro atoms. The SMILES string of the molecule is O=C1CCNC(=O)N1CC(F)(F)F. The molecule has 0 bridgehead atoms. The number of carbonyl (C=O) groups is 2. The van der Waals surface area contributed by atoms with Gasteiger partial charge >= 0.3 is 12.2 Å². The molecule has 7 heteroatoms. The van der Waals surface area contributed by atoms with Gasteiger partial charge in [0.25, 0.3) is 0 Å². The summed E-state index contributed by atoms with van der Waals surface area (Å²) in [7, 11) is 0. The Morgan fingerprint density at radius 3 is 2.46 bits per heavy atom. The Hall–Kier alpha value is -1.27. The third kappa shape index (κ3) is 2.60. The van der Waals surface area contributed by atoms with Gasteiger partial charge in [-0.15, -0.1) is 0 Å². The minimum absolute atomic E-state index is 0.0815. The van der Waals surface area contributed by atoms with Gasteiger partial charge in [0.15, 0.2) is 0 Å². The summed E-state index contributed by atoms with van der Waals surface area (Å²) in [6.45, 7) is -1.41. The zero-order valence-corrected chi connectivity index (χ0v) is 6.52. The van der Waals surface area contributed by atoms with Gasteiger partial charge in [-0.2, -0.15) is 13.2 Å². The van der Waals surface area contributed by atoms with Crippen molar-refractivity contribution in [1.29, 1.82) is 0 Å². The third-order valence-electron chi connectivity index (χ3n) is 1.50. The fraction of sp³-hybridized carbons (Fsp3) is 0.667. The van der Waals surface area contributed by atoms with E-state index in [1.165, 1.54) is 0 Å². The zero-order chi connectivity index (χ0) is 10.1. The number of hydrogen-bond donors (Lipinski definition) is 1. The van der Waals surface area contributed by atoms with Gasteiger partial charge in [0.2, 0.25) is 5.91 Å². The first-order valence-electron chi connectivity index (χ1n) is 3.55. The number of nitrogens with zero attached hydrogens (tertiary/aromatic N) is 1. The monoisotopic (exact) mass is 196 g/mol. The zero-order valence-electron chi connectivity index (χ0n) is 6.52. The number of halogens is 3. The van der Waals surface area contributed by atoms with E-state index >= 15 is 0 Å². The van der Waals surface area contributed by atoms with E-state index in [1.807, 2.05) is 0 Å². The van der Waals surface area contributed by atoms with Gasteiger partial charge in [0, 0.05) is 13.0 Å². The van der Waals surface area contributed by atoms with Crippen molar-refractivity contribution < 1.29 is 22.8 Å². The Bertz CT molecular complexity index is 223. The van der Waals surface area contributed by atoms with E-state index in [0.717, 1.165) is 0 Å². The Labute approximate surface area is 71.7 Å². The molecule has 1 saturated heterocycles. The lowest BCUT2D eigenvalue weighted by molar-refractivity contribution is -0.156. The van der Waals surface area contributed by atoms with Crippen molar-refractivity contribution in [1.82, 2.24) is 10.2 Å². The highest BCUT2D eigenvalue weighted by molar-refractivity contribution is 5.96. The standard InChI is InChI=1S/C6H7F3N2O2/c7-6(8,9)3-11-4(12)1-2-10-5(11)13/h1-3H2,(H,10,13). The van der Waals surface area contributed by atoms with E-state index in [2.05, 4.69) is 5.32 Å². The maximum absolute atomic E-state index is 11.8. The lowest BCUT2D eigenvalue weighted by Gasteiger charge is -2.26. The predicted octanol–water partition coefficient (Wildman–Crippen LogP) is 0.491. The smallest absolute Gasteiger partial charge is 0.337 e. The van der Waals surface area contributed by atoms with Crippen LogP contribution in [-0.2, 0) is 4.79 Å². The maximum atomic E-state index is 11.8. The third-order valence-corrected chi connectivity index (χ3v) is 1.50. The van der Waals surface area contributed by atoms with E-state index < -0.39 is 24.7 Å². The van der Waals surface area contributed by atoms with Gasteiger partial charge in [0.05, 0.1) is 0 Å². The first-order chi connectivity index (χ1) is 5.90. The molecule has 0 atom stereocenters. The summed E-state index contributed by atoms with van der Waals surface area (Å²) in [6, 6.07) is -0.978. The maximum Gasteiger partial charge on any atom is 0.406 e. The molecule has 1 N–H and O–H groups in total. The van der Waals surface area contributed by atoms with Crippen molar-refractivity contribution >= 4 is 11.9 Å². The molecule has 74 valence electrons. The van der Waals surface area contributed by atoms with E-state index in [4.69, 9.17) is 0 Å². The van der Waals surface area contributed by atoms with Gasteiger partial charge in [-0.05, 0) is 0 Å². The van der Waals surface area contributed by atoms with Gasteiger partial charge in [-0.25, -0.2) is 4.79 Å². The van der Waals surface area contributed by atoms with E-state index in [9.17, 15) is 22.8 Å². The van der Waals surface area contributed by atoms with E-state index in [-0.39, 0.29) is 17.9 Å². The summed E-state index contributed by atoms with van der Waals surface area (Å²) in [4.78, 5) is 21.8. The molecule has 1 rings (SSSR count). The highest BCUT2D eigenvalue weighted by Gasteiger charge is 2.37. The van der Waals surface area contributed by atoms with Crippen molar-refractivity contribution in [3.63, 3.8) is 0 Å². The Morgan fingerprint density at radius 1 is 1.38 bits per heavy atom. The van der Waals surface area contributed by atoms with Crippen molar-refractivity contribution in [3.8, 4) is 0 Å². The number of imide groups is 1. The van der Waals surface area contributed by atoms with Crippen LogP contribution in [0.2, 0.25) is 0 Å². The second-order valence-electron chi connectivity index (χ2n) is 2.58. The first-order valence-corrected chi connectivity index (χ1v) is 3.55. The molecule has 0 unspecified atom stereocenters. The number of nitrogens with one attached hydrogen (secondary N) is 1. The average Bonchev–Trinajstić information content (AvgIpc) is 1.95. The van der Waals surface area contributed by atoms with E-state index in [0.29, 0.717) is 0 Å². The molecular weight excluding hydrogens is 189 g/mol. The highest BCUT2D eigenvalue weighted by atomic mass is 19.4.